The van der Waals surface area contributed by atoms with Crippen LogP contribution in [0, 0.1) is 12.3 Å². The molecule has 1 fully saturated rings. The number of fused-ring (bicyclic) bond motifs is 2. The van der Waals surface area contributed by atoms with Gasteiger partial charge in [0.15, 0.2) is 5.75 Å². The maximum Gasteiger partial charge on any atom is 0.310 e. The van der Waals surface area contributed by atoms with E-state index in [-0.39, 0.29) is 5.56 Å². The molecule has 0 saturated carbocycles. The van der Waals surface area contributed by atoms with Crippen LogP contribution in [0.25, 0.3) is 0 Å². The van der Waals surface area contributed by atoms with E-state index in [0.29, 0.717) is 49.9 Å². The number of aryl methyl sites for hydroxylation is 1. The fourth-order valence-electron chi connectivity index (χ4n) is 4.02. The highest BCUT2D eigenvalue weighted by molar-refractivity contribution is 6.04. The molecule has 0 amide bonds. The Morgan fingerprint density at radius 3 is 2.50 bits per heavy atom. The third kappa shape index (κ3) is 4.46. The number of aliphatic carboxylic acids is 1. The van der Waals surface area contributed by atoms with Gasteiger partial charge in [0.2, 0.25) is 0 Å². The molecular formula is C24H27F2N3O3. The highest BCUT2D eigenvalue weighted by Gasteiger charge is 2.32. The highest BCUT2D eigenvalue weighted by atomic mass is 19.3. The molecule has 2 aliphatic heterocycles. The minimum absolute atomic E-state index is 0.105. The number of benzene rings is 2. The normalized spacial score (nSPS) is 16.7. The first-order chi connectivity index (χ1) is 15.1. The lowest BCUT2D eigenvalue weighted by atomic mass is 9.93. The maximum atomic E-state index is 13.2. The van der Waals surface area contributed by atoms with Crippen molar-refractivity contribution in [3.63, 3.8) is 0 Å². The molecule has 0 unspecified atom stereocenters. The average molecular weight is 443 g/mol. The van der Waals surface area contributed by atoms with Crippen LogP contribution in [0.4, 0.5) is 14.5 Å². The van der Waals surface area contributed by atoms with Crippen molar-refractivity contribution in [2.75, 3.05) is 32.7 Å². The number of amidine groups is 1. The summed E-state index contributed by atoms with van der Waals surface area (Å²) >= 11 is 0. The monoisotopic (exact) mass is 443 g/mol. The smallest absolute Gasteiger partial charge is 0.310 e. The Morgan fingerprint density at radius 1 is 1.12 bits per heavy atom. The fourth-order valence-corrected chi connectivity index (χ4v) is 4.02. The molecule has 0 radical (unpaired) electrons. The number of carbonyl (C=O) groups is 1. The van der Waals surface area contributed by atoms with E-state index in [1.807, 2.05) is 25.1 Å². The Morgan fingerprint density at radius 2 is 1.84 bits per heavy atom. The van der Waals surface area contributed by atoms with Crippen LogP contribution in [-0.2, 0) is 4.79 Å². The van der Waals surface area contributed by atoms with Crippen LogP contribution >= 0.6 is 0 Å². The van der Waals surface area contributed by atoms with Gasteiger partial charge in [-0.3, -0.25) is 9.69 Å². The minimum atomic E-state index is -2.59. The molecule has 1 saturated heterocycles. The Kier molecular flexibility index (Phi) is 5.90. The van der Waals surface area contributed by atoms with Crippen molar-refractivity contribution >= 4 is 17.5 Å². The van der Waals surface area contributed by atoms with Gasteiger partial charge in [-0.2, -0.15) is 0 Å². The van der Waals surface area contributed by atoms with Gasteiger partial charge < -0.3 is 14.7 Å². The Hall–Kier alpha value is -3.00. The van der Waals surface area contributed by atoms with E-state index >= 15 is 0 Å². The number of halogens is 2. The molecule has 0 aliphatic carbocycles. The zero-order chi connectivity index (χ0) is 23.0. The molecule has 4 rings (SSSR count). The van der Waals surface area contributed by atoms with Gasteiger partial charge in [-0.05, 0) is 50.6 Å². The predicted octanol–water partition coefficient (Wildman–Crippen LogP) is 4.85. The second kappa shape index (κ2) is 8.50. The standard InChI is InChI=1S/C24H27F2N3O3/c1-15-4-6-17-19(12-15)32-20-13-16(21(25)26)5-7-18(20)27-22(17)29-10-8-28(9-11-29)14-24(2,3)23(30)31/h4-7,12-13,21H,8-11,14H2,1-3H3,(H,30,31). The van der Waals surface area contributed by atoms with Crippen molar-refractivity contribution in [3.8, 4) is 11.5 Å². The number of ether oxygens (including phenoxy) is 1. The fraction of sp³-hybridized carbons (Fsp3) is 0.417. The molecule has 2 aromatic rings. The third-order valence-electron chi connectivity index (χ3n) is 5.93. The van der Waals surface area contributed by atoms with Gasteiger partial charge in [0.1, 0.15) is 17.3 Å². The number of aliphatic imine (C=N–C) groups is 1. The number of carboxylic acid groups (broad SMARTS) is 1. The number of hydrogen-bond acceptors (Lipinski definition) is 5. The number of carboxylic acids is 1. The van der Waals surface area contributed by atoms with Crippen LogP contribution in [0.2, 0.25) is 0 Å². The zero-order valence-corrected chi connectivity index (χ0v) is 18.4. The van der Waals surface area contributed by atoms with E-state index in [2.05, 4.69) is 9.80 Å². The molecule has 8 heteroatoms. The molecule has 0 aromatic heterocycles. The van der Waals surface area contributed by atoms with E-state index < -0.39 is 17.8 Å². The predicted molar refractivity (Wildman–Crippen MR) is 118 cm³/mol. The molecule has 170 valence electrons. The molecule has 32 heavy (non-hydrogen) atoms. The zero-order valence-electron chi connectivity index (χ0n) is 18.4. The quantitative estimate of drug-likeness (QED) is 0.732. The van der Waals surface area contributed by atoms with Gasteiger partial charge in [0.25, 0.3) is 6.43 Å². The molecule has 1 N–H and O–H groups in total. The van der Waals surface area contributed by atoms with E-state index in [9.17, 15) is 18.7 Å². The van der Waals surface area contributed by atoms with Gasteiger partial charge in [-0.25, -0.2) is 13.8 Å². The molecule has 2 aliphatic rings. The highest BCUT2D eigenvalue weighted by Crippen LogP contribution is 2.40. The summed E-state index contributed by atoms with van der Waals surface area (Å²) in [5, 5.41) is 9.42. The largest absolute Gasteiger partial charge is 0.481 e. The first-order valence-electron chi connectivity index (χ1n) is 10.6. The minimum Gasteiger partial charge on any atom is -0.481 e. The lowest BCUT2D eigenvalue weighted by Crippen LogP contribution is -2.52. The lowest BCUT2D eigenvalue weighted by molar-refractivity contribution is -0.148. The van der Waals surface area contributed by atoms with Crippen LogP contribution in [0.15, 0.2) is 41.4 Å². The van der Waals surface area contributed by atoms with Crippen LogP contribution in [-0.4, -0.2) is 59.4 Å². The first-order valence-corrected chi connectivity index (χ1v) is 10.6. The summed E-state index contributed by atoms with van der Waals surface area (Å²) in [6, 6.07) is 10.1. The Labute approximate surface area is 186 Å². The van der Waals surface area contributed by atoms with Crippen molar-refractivity contribution < 1.29 is 23.4 Å². The van der Waals surface area contributed by atoms with Crippen molar-refractivity contribution in [2.45, 2.75) is 27.2 Å². The molecule has 0 bridgehead atoms. The summed E-state index contributed by atoms with van der Waals surface area (Å²) < 4.78 is 32.5. The Balaban J connectivity index is 1.63. The molecular weight excluding hydrogens is 416 g/mol. The first kappa shape index (κ1) is 22.2. The average Bonchev–Trinajstić information content (AvgIpc) is 2.89. The van der Waals surface area contributed by atoms with Crippen molar-refractivity contribution in [3.05, 3.63) is 53.1 Å². The molecule has 0 spiro atoms. The lowest BCUT2D eigenvalue weighted by Gasteiger charge is -2.39. The number of nitrogens with zero attached hydrogens (tertiary/aromatic N) is 3. The molecule has 2 aromatic carbocycles. The summed E-state index contributed by atoms with van der Waals surface area (Å²) in [4.78, 5) is 20.6. The van der Waals surface area contributed by atoms with Gasteiger partial charge in [0, 0.05) is 38.3 Å². The summed E-state index contributed by atoms with van der Waals surface area (Å²) in [5.41, 5.74) is 1.39. The summed E-state index contributed by atoms with van der Waals surface area (Å²) in [7, 11) is 0. The summed E-state index contributed by atoms with van der Waals surface area (Å²) in [6.45, 7) is 8.64. The van der Waals surface area contributed by atoms with Crippen LogP contribution < -0.4 is 4.74 Å². The Bertz CT molecular complexity index is 1060. The van der Waals surface area contributed by atoms with Gasteiger partial charge in [-0.1, -0.05) is 12.1 Å². The van der Waals surface area contributed by atoms with E-state index in [4.69, 9.17) is 9.73 Å². The summed E-state index contributed by atoms with van der Waals surface area (Å²) in [5.74, 6) is 0.824. The second-order valence-electron chi connectivity index (χ2n) is 9.02. The molecule has 6 nitrogen and oxygen atoms in total. The second-order valence-corrected chi connectivity index (χ2v) is 9.02. The van der Waals surface area contributed by atoms with Crippen molar-refractivity contribution in [1.29, 1.82) is 0 Å². The third-order valence-corrected chi connectivity index (χ3v) is 5.93. The number of alkyl halides is 2. The van der Waals surface area contributed by atoms with E-state index in [0.717, 1.165) is 17.0 Å². The number of hydrogen-bond donors (Lipinski definition) is 1. The SMILES string of the molecule is Cc1ccc2c(c1)Oc1cc(C(F)F)ccc1N=C2N1CCN(CC(C)(C)C(=O)O)CC1. The van der Waals surface area contributed by atoms with Crippen LogP contribution in [0.1, 0.15) is 37.0 Å². The maximum absolute atomic E-state index is 13.2. The van der Waals surface area contributed by atoms with E-state index in [1.165, 1.54) is 12.1 Å². The number of rotatable bonds is 4. The van der Waals surface area contributed by atoms with Gasteiger partial charge >= 0.3 is 5.97 Å². The molecule has 2 heterocycles. The van der Waals surface area contributed by atoms with Gasteiger partial charge in [-0.15, -0.1) is 0 Å². The topological polar surface area (TPSA) is 65.4 Å². The number of piperazine rings is 1. The van der Waals surface area contributed by atoms with Crippen molar-refractivity contribution in [2.24, 2.45) is 10.4 Å². The summed E-state index contributed by atoms with van der Waals surface area (Å²) in [6.07, 6.45) is -2.59. The van der Waals surface area contributed by atoms with Gasteiger partial charge in [0.05, 0.1) is 11.0 Å². The van der Waals surface area contributed by atoms with E-state index in [1.54, 1.807) is 19.9 Å². The van der Waals surface area contributed by atoms with Crippen LogP contribution in [0.3, 0.4) is 0 Å². The molecule has 0 atom stereocenters. The van der Waals surface area contributed by atoms with Crippen molar-refractivity contribution in [1.82, 2.24) is 9.80 Å². The van der Waals surface area contributed by atoms with Crippen LogP contribution in [0.5, 0.6) is 11.5 Å².